The molecule has 1 unspecified atom stereocenters. The molecule has 0 aliphatic rings. The third-order valence-corrected chi connectivity index (χ3v) is 2.38. The van der Waals surface area contributed by atoms with Crippen LogP contribution < -0.4 is 5.73 Å². The minimum absolute atomic E-state index is 0.0297. The number of halogens is 1. The van der Waals surface area contributed by atoms with Crippen molar-refractivity contribution < 1.29 is 9.63 Å². The Kier molecular flexibility index (Phi) is 3.68. The maximum absolute atomic E-state index is 8.76. The molecule has 0 saturated heterocycles. The normalized spacial score (nSPS) is 12.6. The van der Waals surface area contributed by atoms with E-state index in [2.05, 4.69) is 15.1 Å². The number of nitrogens with zero attached hydrogens (tertiary/aromatic N) is 3. The second-order valence-corrected chi connectivity index (χ2v) is 3.87. The van der Waals surface area contributed by atoms with Gasteiger partial charge < -0.3 is 15.4 Å². The summed E-state index contributed by atoms with van der Waals surface area (Å²) in [6, 6.07) is 2.91. The molecule has 1 atom stereocenters. The number of nitrogens with two attached hydrogens (primary N) is 1. The van der Waals surface area contributed by atoms with Gasteiger partial charge in [-0.3, -0.25) is 4.98 Å². The number of rotatable bonds is 4. The summed E-state index contributed by atoms with van der Waals surface area (Å²) in [6.45, 7) is -0.0297. The first-order valence-electron chi connectivity index (χ1n) is 5.02. The van der Waals surface area contributed by atoms with Gasteiger partial charge in [-0.25, -0.2) is 0 Å². The number of aliphatic hydroxyl groups excluding tert-OH is 1. The van der Waals surface area contributed by atoms with Crippen LogP contribution in [-0.4, -0.2) is 26.8 Å². The Hall–Kier alpha value is -1.50. The third kappa shape index (κ3) is 2.79. The van der Waals surface area contributed by atoms with Gasteiger partial charge in [-0.2, -0.15) is 4.98 Å². The van der Waals surface area contributed by atoms with E-state index in [9.17, 15) is 0 Å². The highest BCUT2D eigenvalue weighted by Crippen LogP contribution is 2.18. The molecule has 0 aromatic carbocycles. The van der Waals surface area contributed by atoms with Gasteiger partial charge in [0.2, 0.25) is 11.7 Å². The molecule has 2 aromatic heterocycles. The molecule has 2 heterocycles. The summed E-state index contributed by atoms with van der Waals surface area (Å²) in [5.41, 5.74) is 6.28. The topological polar surface area (TPSA) is 98.1 Å². The van der Waals surface area contributed by atoms with Crippen LogP contribution >= 0.6 is 11.6 Å². The maximum atomic E-state index is 8.76. The first kappa shape index (κ1) is 12.0. The largest absolute Gasteiger partial charge is 0.396 e. The van der Waals surface area contributed by atoms with Crippen molar-refractivity contribution in [2.45, 2.75) is 12.5 Å². The molecule has 0 spiro atoms. The molecule has 2 aromatic rings. The van der Waals surface area contributed by atoms with Crippen molar-refractivity contribution in [1.82, 2.24) is 15.1 Å². The Morgan fingerprint density at radius 1 is 1.47 bits per heavy atom. The fourth-order valence-electron chi connectivity index (χ4n) is 1.26. The molecule has 0 fully saturated rings. The van der Waals surface area contributed by atoms with E-state index in [0.717, 1.165) is 0 Å². The van der Waals surface area contributed by atoms with Crippen LogP contribution in [-0.2, 0) is 0 Å². The van der Waals surface area contributed by atoms with Crippen LogP contribution in [0, 0.1) is 0 Å². The van der Waals surface area contributed by atoms with Crippen LogP contribution in [0.5, 0.6) is 0 Å². The van der Waals surface area contributed by atoms with Gasteiger partial charge in [-0.15, -0.1) is 0 Å². The molecule has 0 aliphatic heterocycles. The molecular weight excluding hydrogens is 244 g/mol. The van der Waals surface area contributed by atoms with Crippen molar-refractivity contribution in [3.05, 3.63) is 29.2 Å². The minimum atomic E-state index is -0.464. The van der Waals surface area contributed by atoms with E-state index >= 15 is 0 Å². The van der Waals surface area contributed by atoms with E-state index < -0.39 is 6.04 Å². The zero-order valence-corrected chi connectivity index (χ0v) is 9.63. The molecule has 17 heavy (non-hydrogen) atoms. The monoisotopic (exact) mass is 254 g/mol. The van der Waals surface area contributed by atoms with Crippen molar-refractivity contribution in [2.24, 2.45) is 5.73 Å². The first-order chi connectivity index (χ1) is 8.20. The Morgan fingerprint density at radius 3 is 2.94 bits per heavy atom. The highest BCUT2D eigenvalue weighted by Gasteiger charge is 2.15. The van der Waals surface area contributed by atoms with E-state index in [-0.39, 0.29) is 12.5 Å². The van der Waals surface area contributed by atoms with Gasteiger partial charge in [0.25, 0.3) is 0 Å². The average molecular weight is 255 g/mol. The summed E-state index contributed by atoms with van der Waals surface area (Å²) in [5, 5.41) is 13.1. The van der Waals surface area contributed by atoms with E-state index in [4.69, 9.17) is 27.0 Å². The van der Waals surface area contributed by atoms with Gasteiger partial charge in [0.05, 0.1) is 11.1 Å². The van der Waals surface area contributed by atoms with E-state index in [0.29, 0.717) is 23.0 Å². The molecule has 90 valence electrons. The smallest absolute Gasteiger partial charge is 0.244 e. The van der Waals surface area contributed by atoms with Crippen LogP contribution in [0.25, 0.3) is 11.5 Å². The fraction of sp³-hybridized carbons (Fsp3) is 0.300. The summed E-state index contributed by atoms with van der Waals surface area (Å²) >= 11 is 5.72. The number of hydrogen-bond acceptors (Lipinski definition) is 6. The van der Waals surface area contributed by atoms with Gasteiger partial charge >= 0.3 is 0 Å². The van der Waals surface area contributed by atoms with Gasteiger partial charge in [0.15, 0.2) is 0 Å². The lowest BCUT2D eigenvalue weighted by atomic mass is 10.2. The van der Waals surface area contributed by atoms with Crippen LogP contribution in [0.2, 0.25) is 5.02 Å². The molecule has 0 saturated carbocycles. The Labute approximate surface area is 102 Å². The summed E-state index contributed by atoms with van der Waals surface area (Å²) in [6.07, 6.45) is 1.87. The number of aliphatic hydroxyl groups is 1. The van der Waals surface area contributed by atoms with Crippen molar-refractivity contribution in [3.8, 4) is 11.5 Å². The highest BCUT2D eigenvalue weighted by molar-refractivity contribution is 6.30. The summed E-state index contributed by atoms with van der Waals surface area (Å²) < 4.78 is 4.99. The third-order valence-electron chi connectivity index (χ3n) is 2.16. The molecule has 3 N–H and O–H groups in total. The van der Waals surface area contributed by atoms with Gasteiger partial charge in [-0.05, 0) is 18.6 Å². The second-order valence-electron chi connectivity index (χ2n) is 3.44. The Bertz CT molecular complexity index is 485. The van der Waals surface area contributed by atoms with Crippen molar-refractivity contribution in [1.29, 1.82) is 0 Å². The predicted octanol–water partition coefficient (Wildman–Crippen LogP) is 1.17. The highest BCUT2D eigenvalue weighted by atomic mass is 35.5. The molecular formula is C10H11ClN4O2. The number of hydrogen-bond donors (Lipinski definition) is 2. The van der Waals surface area contributed by atoms with Gasteiger partial charge in [0.1, 0.15) is 5.69 Å². The molecule has 6 nitrogen and oxygen atoms in total. The van der Waals surface area contributed by atoms with E-state index in [1.165, 1.54) is 6.20 Å². The lowest BCUT2D eigenvalue weighted by Gasteiger charge is -2.01. The van der Waals surface area contributed by atoms with Crippen LogP contribution in [0.15, 0.2) is 22.9 Å². The first-order valence-corrected chi connectivity index (χ1v) is 5.40. The van der Waals surface area contributed by atoms with Crippen molar-refractivity contribution in [2.75, 3.05) is 6.61 Å². The van der Waals surface area contributed by atoms with Crippen molar-refractivity contribution in [3.63, 3.8) is 0 Å². The average Bonchev–Trinajstić information content (AvgIpc) is 2.80. The SMILES string of the molecule is NC(CCO)c1nc(-c2ccc(Cl)cn2)no1. The van der Waals surface area contributed by atoms with E-state index in [1.807, 2.05) is 0 Å². The fourth-order valence-corrected chi connectivity index (χ4v) is 1.37. The summed E-state index contributed by atoms with van der Waals surface area (Å²) in [4.78, 5) is 8.17. The molecule has 0 radical (unpaired) electrons. The quantitative estimate of drug-likeness (QED) is 0.850. The van der Waals surface area contributed by atoms with E-state index in [1.54, 1.807) is 12.1 Å². The lowest BCUT2D eigenvalue weighted by Crippen LogP contribution is -2.12. The Balaban J connectivity index is 2.20. The maximum Gasteiger partial charge on any atom is 0.244 e. The molecule has 7 heteroatoms. The zero-order chi connectivity index (χ0) is 12.3. The molecule has 0 amide bonds. The van der Waals surface area contributed by atoms with Crippen LogP contribution in [0.3, 0.4) is 0 Å². The molecule has 2 rings (SSSR count). The van der Waals surface area contributed by atoms with Crippen LogP contribution in [0.4, 0.5) is 0 Å². The standard InChI is InChI=1S/C10H11ClN4O2/c11-6-1-2-8(13-5-6)9-14-10(17-15-9)7(12)3-4-16/h1-2,5,7,16H,3-4,12H2. The molecule has 0 aliphatic carbocycles. The number of aromatic nitrogens is 3. The predicted molar refractivity (Wildman–Crippen MR) is 61.2 cm³/mol. The Morgan fingerprint density at radius 2 is 2.29 bits per heavy atom. The van der Waals surface area contributed by atoms with Crippen LogP contribution in [0.1, 0.15) is 18.4 Å². The van der Waals surface area contributed by atoms with Crippen molar-refractivity contribution >= 4 is 11.6 Å². The minimum Gasteiger partial charge on any atom is -0.396 e. The summed E-state index contributed by atoms with van der Waals surface area (Å²) in [7, 11) is 0. The van der Waals surface area contributed by atoms with Gasteiger partial charge in [0, 0.05) is 12.8 Å². The zero-order valence-electron chi connectivity index (χ0n) is 8.88. The number of pyridine rings is 1. The van der Waals surface area contributed by atoms with Gasteiger partial charge in [-0.1, -0.05) is 16.8 Å². The molecule has 0 bridgehead atoms. The lowest BCUT2D eigenvalue weighted by molar-refractivity contribution is 0.259. The summed E-state index contributed by atoms with van der Waals surface area (Å²) in [5.74, 6) is 0.635. The second kappa shape index (κ2) is 5.22.